The van der Waals surface area contributed by atoms with Crippen molar-refractivity contribution in [2.24, 2.45) is 5.41 Å². The number of carbonyl (C=O) groups excluding carboxylic acids is 1. The van der Waals surface area contributed by atoms with Gasteiger partial charge >= 0.3 is 6.09 Å². The summed E-state index contributed by atoms with van der Waals surface area (Å²) in [5.74, 6) is -0.491. The second-order valence-corrected chi connectivity index (χ2v) is 10.6. The number of amides is 1. The lowest BCUT2D eigenvalue weighted by atomic mass is 9.86. The van der Waals surface area contributed by atoms with E-state index in [-0.39, 0.29) is 5.41 Å². The predicted molar refractivity (Wildman–Crippen MR) is 126 cm³/mol. The van der Waals surface area contributed by atoms with Crippen LogP contribution in [0, 0.1) is 5.41 Å². The summed E-state index contributed by atoms with van der Waals surface area (Å²) < 4.78 is 16.8. The maximum atomic E-state index is 12.3. The summed E-state index contributed by atoms with van der Waals surface area (Å²) in [6, 6.07) is 9.35. The Morgan fingerprint density at radius 3 is 2.38 bits per heavy atom. The Hall–Kier alpha value is -1.67. The van der Waals surface area contributed by atoms with E-state index in [1.54, 1.807) is 0 Å². The Bertz CT molecular complexity index is 696. The molecule has 7 nitrogen and oxygen atoms in total. The molecular formula is C25H42N2O5. The highest BCUT2D eigenvalue weighted by Crippen LogP contribution is 2.30. The summed E-state index contributed by atoms with van der Waals surface area (Å²) >= 11 is 0. The van der Waals surface area contributed by atoms with Crippen molar-refractivity contribution in [3.63, 3.8) is 0 Å². The molecule has 1 amide bonds. The van der Waals surface area contributed by atoms with Crippen LogP contribution in [0.2, 0.25) is 0 Å². The maximum absolute atomic E-state index is 12.3. The van der Waals surface area contributed by atoms with E-state index in [1.165, 1.54) is 0 Å². The summed E-state index contributed by atoms with van der Waals surface area (Å²) in [4.78, 5) is 12.3. The van der Waals surface area contributed by atoms with E-state index in [0.29, 0.717) is 26.2 Å². The van der Waals surface area contributed by atoms with Gasteiger partial charge in [0.05, 0.1) is 25.4 Å². The van der Waals surface area contributed by atoms with Crippen LogP contribution in [0.15, 0.2) is 30.3 Å². The van der Waals surface area contributed by atoms with Crippen LogP contribution in [0.4, 0.5) is 4.79 Å². The molecule has 7 heteroatoms. The standard InChI is InChI=1S/C25H42N2O5/c1-23(2,3)32-22(29)27-20(16-19-10-8-7-9-11-19)21(28)17-26-18-24(4,5)12-13-25(6)30-14-15-31-25/h7-11,20-21,26,28H,12-18H2,1-6H3,(H,27,29)/t20-,21+/m0/s1. The minimum Gasteiger partial charge on any atom is -0.444 e. The van der Waals surface area contributed by atoms with Gasteiger partial charge < -0.3 is 30.0 Å². The molecule has 2 atom stereocenters. The Kier molecular flexibility index (Phi) is 9.52. The molecule has 1 aliphatic heterocycles. The first-order valence-corrected chi connectivity index (χ1v) is 11.6. The molecule has 1 saturated heterocycles. The van der Waals surface area contributed by atoms with Gasteiger partial charge in [-0.2, -0.15) is 0 Å². The van der Waals surface area contributed by atoms with Crippen LogP contribution in [0.1, 0.15) is 59.9 Å². The van der Waals surface area contributed by atoms with Crippen molar-refractivity contribution in [3.05, 3.63) is 35.9 Å². The first-order valence-electron chi connectivity index (χ1n) is 11.6. The molecule has 0 aromatic heterocycles. The molecule has 2 rings (SSSR count). The monoisotopic (exact) mass is 450 g/mol. The number of aliphatic hydroxyl groups is 1. The van der Waals surface area contributed by atoms with Crippen molar-refractivity contribution in [1.29, 1.82) is 0 Å². The topological polar surface area (TPSA) is 89.0 Å². The highest BCUT2D eigenvalue weighted by Gasteiger charge is 2.33. The van der Waals surface area contributed by atoms with E-state index in [9.17, 15) is 9.90 Å². The van der Waals surface area contributed by atoms with Crippen LogP contribution in [-0.2, 0) is 20.6 Å². The molecule has 182 valence electrons. The van der Waals surface area contributed by atoms with Gasteiger partial charge in [0.15, 0.2) is 5.79 Å². The molecule has 0 bridgehead atoms. The normalized spacial score (nSPS) is 18.2. The van der Waals surface area contributed by atoms with Crippen molar-refractivity contribution < 1.29 is 24.1 Å². The molecule has 0 spiro atoms. The molecule has 0 radical (unpaired) electrons. The number of hydrogen-bond acceptors (Lipinski definition) is 6. The average Bonchev–Trinajstić information content (AvgIpc) is 3.12. The van der Waals surface area contributed by atoms with E-state index in [4.69, 9.17) is 14.2 Å². The molecule has 1 aliphatic rings. The molecule has 3 N–H and O–H groups in total. The Morgan fingerprint density at radius 1 is 1.16 bits per heavy atom. The van der Waals surface area contributed by atoms with Crippen LogP contribution in [0.25, 0.3) is 0 Å². The van der Waals surface area contributed by atoms with Gasteiger partial charge in [-0.05, 0) is 51.5 Å². The van der Waals surface area contributed by atoms with Gasteiger partial charge in [-0.3, -0.25) is 0 Å². The Labute approximate surface area is 193 Å². The van der Waals surface area contributed by atoms with Gasteiger partial charge in [-0.1, -0.05) is 44.2 Å². The van der Waals surface area contributed by atoms with Crippen molar-refractivity contribution in [2.75, 3.05) is 26.3 Å². The molecule has 0 saturated carbocycles. The lowest BCUT2D eigenvalue weighted by molar-refractivity contribution is -0.151. The third kappa shape index (κ3) is 9.86. The number of ether oxygens (including phenoxy) is 3. The van der Waals surface area contributed by atoms with Gasteiger partial charge in [-0.25, -0.2) is 4.79 Å². The summed E-state index contributed by atoms with van der Waals surface area (Å²) in [6.45, 7) is 14.2. The summed E-state index contributed by atoms with van der Waals surface area (Å²) in [5, 5.41) is 17.1. The summed E-state index contributed by atoms with van der Waals surface area (Å²) in [6.07, 6.45) is 0.969. The first-order chi connectivity index (χ1) is 14.9. The third-order valence-corrected chi connectivity index (χ3v) is 5.58. The molecule has 0 aliphatic carbocycles. The number of alkyl carbamates (subject to hydrolysis) is 1. The number of nitrogens with one attached hydrogen (secondary N) is 2. The predicted octanol–water partition coefficient (Wildman–Crippen LogP) is 3.64. The van der Waals surface area contributed by atoms with Crippen LogP contribution < -0.4 is 10.6 Å². The SMILES string of the molecule is CC(C)(CCC1(C)OCCO1)CNC[C@@H](O)[C@H](Cc1ccccc1)NC(=O)OC(C)(C)C. The van der Waals surface area contributed by atoms with E-state index >= 15 is 0 Å². The van der Waals surface area contributed by atoms with E-state index < -0.39 is 29.6 Å². The second kappa shape index (κ2) is 11.5. The highest BCUT2D eigenvalue weighted by atomic mass is 16.7. The third-order valence-electron chi connectivity index (χ3n) is 5.58. The van der Waals surface area contributed by atoms with E-state index in [1.807, 2.05) is 58.0 Å². The van der Waals surface area contributed by atoms with Crippen LogP contribution in [-0.4, -0.2) is 61.0 Å². The van der Waals surface area contributed by atoms with Crippen molar-refractivity contribution in [3.8, 4) is 0 Å². The average molecular weight is 451 g/mol. The number of hydrogen-bond donors (Lipinski definition) is 3. The van der Waals surface area contributed by atoms with Crippen LogP contribution in [0.3, 0.4) is 0 Å². The Morgan fingerprint density at radius 2 is 1.78 bits per heavy atom. The van der Waals surface area contributed by atoms with Gasteiger partial charge in [0.2, 0.25) is 0 Å². The summed E-state index contributed by atoms with van der Waals surface area (Å²) in [7, 11) is 0. The lowest BCUT2D eigenvalue weighted by Gasteiger charge is -2.31. The molecule has 1 fully saturated rings. The van der Waals surface area contributed by atoms with Crippen molar-refractivity contribution in [1.82, 2.24) is 10.6 Å². The van der Waals surface area contributed by atoms with Gasteiger partial charge in [0.25, 0.3) is 0 Å². The zero-order valence-electron chi connectivity index (χ0n) is 20.6. The van der Waals surface area contributed by atoms with Gasteiger partial charge in [0.1, 0.15) is 5.60 Å². The first kappa shape index (κ1) is 26.6. The Balaban J connectivity index is 1.88. The quantitative estimate of drug-likeness (QED) is 0.477. The zero-order chi connectivity index (χ0) is 23.8. The molecule has 32 heavy (non-hydrogen) atoms. The van der Waals surface area contributed by atoms with E-state index in [0.717, 1.165) is 24.9 Å². The fourth-order valence-corrected chi connectivity index (χ4v) is 3.67. The lowest BCUT2D eigenvalue weighted by Crippen LogP contribution is -2.50. The summed E-state index contributed by atoms with van der Waals surface area (Å²) in [5.41, 5.74) is 0.446. The maximum Gasteiger partial charge on any atom is 0.407 e. The van der Waals surface area contributed by atoms with Crippen molar-refractivity contribution >= 4 is 6.09 Å². The fourth-order valence-electron chi connectivity index (χ4n) is 3.67. The van der Waals surface area contributed by atoms with E-state index in [2.05, 4.69) is 24.5 Å². The number of aliphatic hydroxyl groups excluding tert-OH is 1. The van der Waals surface area contributed by atoms with Crippen LogP contribution >= 0.6 is 0 Å². The fraction of sp³-hybridized carbons (Fsp3) is 0.720. The van der Waals surface area contributed by atoms with Crippen molar-refractivity contribution in [2.45, 2.75) is 84.3 Å². The molecular weight excluding hydrogens is 408 g/mol. The van der Waals surface area contributed by atoms with Crippen LogP contribution in [0.5, 0.6) is 0 Å². The minimum atomic E-state index is -0.766. The molecule has 1 aromatic rings. The number of rotatable bonds is 11. The second-order valence-electron chi connectivity index (χ2n) is 10.6. The number of benzene rings is 1. The van der Waals surface area contributed by atoms with Gasteiger partial charge in [0, 0.05) is 19.5 Å². The minimum absolute atomic E-state index is 0.00552. The zero-order valence-corrected chi connectivity index (χ0v) is 20.6. The smallest absolute Gasteiger partial charge is 0.407 e. The molecule has 1 aromatic carbocycles. The number of carbonyl (C=O) groups is 1. The largest absolute Gasteiger partial charge is 0.444 e. The van der Waals surface area contributed by atoms with Gasteiger partial charge in [-0.15, -0.1) is 0 Å². The molecule has 0 unspecified atom stereocenters. The highest BCUT2D eigenvalue weighted by molar-refractivity contribution is 5.68. The molecule has 1 heterocycles.